The summed E-state index contributed by atoms with van der Waals surface area (Å²) in [5.41, 5.74) is 0. The standard InChI is InChI=1S/C76H146NO8P/c1-6-8-10-12-14-16-18-20-22-24-26-28-30-32-34-36-38-40-42-44-46-48-50-52-54-56-58-60-62-64-66-68-75(78)82-72-74(73-84-86(80,81)83-71-70-77(3,4)5)85-76(79)69-67-65-63-61-59-57-55-53-51-49-47-45-43-41-39-37-35-33-31-29-27-25-23-21-19-17-15-13-11-9-7-2/h19,21,25,27,31,33,74H,6-18,20,22-24,26,28-30,32,34-73H2,1-5H3/p+1/b21-19-,27-25-,33-31-. The van der Waals surface area contributed by atoms with Crippen LogP contribution in [0.15, 0.2) is 36.5 Å². The minimum absolute atomic E-state index is 0.0345. The van der Waals surface area contributed by atoms with Crippen molar-refractivity contribution in [1.82, 2.24) is 0 Å². The van der Waals surface area contributed by atoms with Crippen molar-refractivity contribution in [2.45, 2.75) is 392 Å². The van der Waals surface area contributed by atoms with Crippen molar-refractivity contribution in [2.75, 3.05) is 47.5 Å². The highest BCUT2D eigenvalue weighted by molar-refractivity contribution is 7.47. The molecule has 0 aliphatic carbocycles. The van der Waals surface area contributed by atoms with Gasteiger partial charge >= 0.3 is 19.8 Å². The van der Waals surface area contributed by atoms with Gasteiger partial charge in [-0.1, -0.05) is 359 Å². The summed E-state index contributed by atoms with van der Waals surface area (Å²) in [6, 6.07) is 0. The third-order valence-electron chi connectivity index (χ3n) is 17.2. The fourth-order valence-corrected chi connectivity index (χ4v) is 12.1. The van der Waals surface area contributed by atoms with Gasteiger partial charge in [0.1, 0.15) is 19.8 Å². The first-order valence-electron chi connectivity index (χ1n) is 37.7. The van der Waals surface area contributed by atoms with Crippen molar-refractivity contribution in [3.63, 3.8) is 0 Å². The summed E-state index contributed by atoms with van der Waals surface area (Å²) >= 11 is 0. The van der Waals surface area contributed by atoms with Gasteiger partial charge in [0, 0.05) is 12.8 Å². The Morgan fingerprint density at radius 3 is 0.930 bits per heavy atom. The lowest BCUT2D eigenvalue weighted by Crippen LogP contribution is -2.37. The van der Waals surface area contributed by atoms with Crippen LogP contribution in [-0.2, 0) is 32.7 Å². The van der Waals surface area contributed by atoms with Crippen LogP contribution in [0, 0.1) is 0 Å². The predicted octanol–water partition coefficient (Wildman–Crippen LogP) is 24.6. The van der Waals surface area contributed by atoms with E-state index in [-0.39, 0.29) is 25.6 Å². The molecule has 0 saturated carbocycles. The van der Waals surface area contributed by atoms with E-state index in [0.717, 1.165) is 44.9 Å². The molecule has 10 heteroatoms. The van der Waals surface area contributed by atoms with Gasteiger partial charge in [-0.25, -0.2) is 4.57 Å². The first kappa shape index (κ1) is 84.2. The van der Waals surface area contributed by atoms with E-state index in [9.17, 15) is 19.0 Å². The Kier molecular flexibility index (Phi) is 66.2. The highest BCUT2D eigenvalue weighted by Crippen LogP contribution is 2.43. The van der Waals surface area contributed by atoms with Crippen LogP contribution in [0.25, 0.3) is 0 Å². The number of carbonyl (C=O) groups excluding carboxylic acids is 2. The Hall–Kier alpha value is -1.77. The van der Waals surface area contributed by atoms with Crippen LogP contribution in [0.4, 0.5) is 0 Å². The molecular weight excluding hydrogens is 1090 g/mol. The molecule has 1 N–H and O–H groups in total. The largest absolute Gasteiger partial charge is 0.472 e. The molecule has 0 aliphatic heterocycles. The minimum Gasteiger partial charge on any atom is -0.462 e. The third kappa shape index (κ3) is 71.3. The highest BCUT2D eigenvalue weighted by atomic mass is 31.2. The molecular formula is C76H147NO8P+. The van der Waals surface area contributed by atoms with E-state index >= 15 is 0 Å². The summed E-state index contributed by atoms with van der Waals surface area (Å²) in [5.74, 6) is -0.774. The number of esters is 2. The molecule has 508 valence electrons. The van der Waals surface area contributed by atoms with Crippen LogP contribution in [0.2, 0.25) is 0 Å². The Morgan fingerprint density at radius 1 is 0.360 bits per heavy atom. The van der Waals surface area contributed by atoms with Crippen LogP contribution in [0.5, 0.6) is 0 Å². The normalized spacial score (nSPS) is 13.2. The van der Waals surface area contributed by atoms with Gasteiger partial charge in [-0.2, -0.15) is 0 Å². The Labute approximate surface area is 535 Å². The van der Waals surface area contributed by atoms with E-state index in [1.165, 1.54) is 308 Å². The number of ether oxygens (including phenoxy) is 2. The molecule has 0 bridgehead atoms. The maximum atomic E-state index is 12.9. The molecule has 0 heterocycles. The maximum absolute atomic E-state index is 12.9. The lowest BCUT2D eigenvalue weighted by Gasteiger charge is -2.24. The molecule has 0 saturated heterocycles. The summed E-state index contributed by atoms with van der Waals surface area (Å²) in [4.78, 5) is 35.9. The van der Waals surface area contributed by atoms with E-state index < -0.39 is 26.5 Å². The molecule has 0 aromatic rings. The molecule has 9 nitrogen and oxygen atoms in total. The number of phosphoric acid groups is 1. The first-order chi connectivity index (χ1) is 42.0. The maximum Gasteiger partial charge on any atom is 0.472 e. The van der Waals surface area contributed by atoms with Gasteiger partial charge in [0.2, 0.25) is 0 Å². The van der Waals surface area contributed by atoms with E-state index in [4.69, 9.17) is 18.5 Å². The van der Waals surface area contributed by atoms with Crippen LogP contribution < -0.4 is 0 Å². The smallest absolute Gasteiger partial charge is 0.462 e. The van der Waals surface area contributed by atoms with E-state index in [2.05, 4.69) is 50.3 Å². The van der Waals surface area contributed by atoms with Gasteiger partial charge in [-0.05, 0) is 51.4 Å². The van der Waals surface area contributed by atoms with Crippen molar-refractivity contribution in [3.8, 4) is 0 Å². The Balaban J connectivity index is 3.96. The molecule has 0 radical (unpaired) electrons. The fourth-order valence-electron chi connectivity index (χ4n) is 11.4. The zero-order valence-corrected chi connectivity index (χ0v) is 59.0. The van der Waals surface area contributed by atoms with Crippen LogP contribution >= 0.6 is 7.82 Å². The fraction of sp³-hybridized carbons (Fsp3) is 0.895. The molecule has 0 rings (SSSR count). The summed E-state index contributed by atoms with van der Waals surface area (Å²) < 4.78 is 34.8. The average molecular weight is 1230 g/mol. The first-order valence-corrected chi connectivity index (χ1v) is 39.2. The third-order valence-corrected chi connectivity index (χ3v) is 18.2. The highest BCUT2D eigenvalue weighted by Gasteiger charge is 2.27. The number of unbranched alkanes of at least 4 members (excludes halogenated alkanes) is 51. The van der Waals surface area contributed by atoms with Gasteiger partial charge < -0.3 is 18.9 Å². The van der Waals surface area contributed by atoms with Gasteiger partial charge in [0.05, 0.1) is 27.7 Å². The van der Waals surface area contributed by atoms with Crippen molar-refractivity contribution in [1.29, 1.82) is 0 Å². The lowest BCUT2D eigenvalue weighted by atomic mass is 10.0. The van der Waals surface area contributed by atoms with E-state index in [1.807, 2.05) is 21.1 Å². The SMILES string of the molecule is CCCCCCC/C=C\C/C=C\C/C=C\CCCCCCCCCCCCCCCCCCC(=O)OC(COC(=O)CCCCCCCCCCCCCCCCCCCCCCCCCCCCCCCCC)COP(=O)(O)OCC[N+](C)(C)C. The number of likely N-dealkylation sites (N-methyl/N-ethyl adjacent to an activating group) is 1. The van der Waals surface area contributed by atoms with Crippen molar-refractivity contribution in [2.24, 2.45) is 0 Å². The molecule has 0 fully saturated rings. The monoisotopic (exact) mass is 1230 g/mol. The summed E-state index contributed by atoms with van der Waals surface area (Å²) in [6.07, 6.45) is 87.0. The minimum atomic E-state index is -4.39. The van der Waals surface area contributed by atoms with Crippen LogP contribution in [-0.4, -0.2) is 74.9 Å². The number of hydrogen-bond donors (Lipinski definition) is 1. The van der Waals surface area contributed by atoms with E-state index in [1.54, 1.807) is 0 Å². The average Bonchev–Trinajstić information content (AvgIpc) is 3.56. The van der Waals surface area contributed by atoms with Gasteiger partial charge in [-0.3, -0.25) is 18.6 Å². The summed E-state index contributed by atoms with van der Waals surface area (Å²) in [7, 11) is 1.50. The molecule has 0 aliphatic rings. The zero-order valence-electron chi connectivity index (χ0n) is 58.1. The molecule has 0 aromatic heterocycles. The Morgan fingerprint density at radius 2 is 0.628 bits per heavy atom. The molecule has 0 amide bonds. The number of carbonyl (C=O) groups is 2. The number of nitrogens with zero attached hydrogens (tertiary/aromatic N) is 1. The Bertz CT molecular complexity index is 1540. The predicted molar refractivity (Wildman–Crippen MR) is 372 cm³/mol. The molecule has 0 spiro atoms. The quantitative estimate of drug-likeness (QED) is 0.0211. The summed E-state index contributed by atoms with van der Waals surface area (Å²) in [6.45, 7) is 4.50. The van der Waals surface area contributed by atoms with Crippen molar-refractivity contribution >= 4 is 19.8 Å². The van der Waals surface area contributed by atoms with Gasteiger partial charge in [-0.15, -0.1) is 0 Å². The van der Waals surface area contributed by atoms with Crippen molar-refractivity contribution < 1.29 is 42.1 Å². The molecule has 2 atom stereocenters. The van der Waals surface area contributed by atoms with E-state index in [0.29, 0.717) is 23.9 Å². The number of rotatable bonds is 71. The number of quaternary nitrogens is 1. The summed E-state index contributed by atoms with van der Waals surface area (Å²) in [5, 5.41) is 0. The zero-order chi connectivity index (χ0) is 62.6. The molecule has 86 heavy (non-hydrogen) atoms. The number of phosphoric ester groups is 1. The van der Waals surface area contributed by atoms with Crippen molar-refractivity contribution in [3.05, 3.63) is 36.5 Å². The van der Waals surface area contributed by atoms with Gasteiger partial charge in [0.25, 0.3) is 0 Å². The second-order valence-electron chi connectivity index (χ2n) is 27.0. The number of hydrogen-bond acceptors (Lipinski definition) is 7. The second kappa shape index (κ2) is 67.6. The second-order valence-corrected chi connectivity index (χ2v) is 28.5. The number of allylic oxidation sites excluding steroid dienone is 6. The van der Waals surface area contributed by atoms with Crippen LogP contribution in [0.3, 0.4) is 0 Å². The van der Waals surface area contributed by atoms with Gasteiger partial charge in [0.15, 0.2) is 6.10 Å². The molecule has 0 aromatic carbocycles. The van der Waals surface area contributed by atoms with Crippen LogP contribution in [0.1, 0.15) is 386 Å². The molecule has 2 unspecified atom stereocenters. The topological polar surface area (TPSA) is 108 Å². The lowest BCUT2D eigenvalue weighted by molar-refractivity contribution is -0.870.